The van der Waals surface area contributed by atoms with Crippen molar-refractivity contribution in [3.8, 4) is 0 Å². The second-order valence-corrected chi connectivity index (χ2v) is 7.70. The van der Waals surface area contributed by atoms with Gasteiger partial charge in [0, 0.05) is 12.2 Å². The molecule has 1 rings (SSSR count). The average molecular weight is 312 g/mol. The topological polar surface area (TPSA) is 72.2 Å². The van der Waals surface area contributed by atoms with Crippen LogP contribution in [0.3, 0.4) is 0 Å². The summed E-state index contributed by atoms with van der Waals surface area (Å²) in [6, 6.07) is 4.97. The number of unbranched alkanes of at least 4 members (excludes halogenated alkanes) is 3. The normalized spacial score (nSPS) is 12.0. The maximum atomic E-state index is 12.2. The third-order valence-corrected chi connectivity index (χ3v) is 5.22. The molecule has 3 N–H and O–H groups in total. The Kier molecular flexibility index (Phi) is 7.18. The molecule has 0 unspecified atom stereocenters. The summed E-state index contributed by atoms with van der Waals surface area (Å²) in [6.45, 7) is 6.66. The number of nitrogens with two attached hydrogens (primary N) is 1. The number of benzene rings is 1. The van der Waals surface area contributed by atoms with Crippen LogP contribution in [0.15, 0.2) is 23.1 Å². The van der Waals surface area contributed by atoms with E-state index in [9.17, 15) is 8.42 Å². The van der Waals surface area contributed by atoms with Crippen molar-refractivity contribution >= 4 is 15.7 Å². The van der Waals surface area contributed by atoms with E-state index in [0.717, 1.165) is 25.2 Å². The zero-order valence-electron chi connectivity index (χ0n) is 13.4. The second kappa shape index (κ2) is 8.39. The summed E-state index contributed by atoms with van der Waals surface area (Å²) in [6.07, 6.45) is 5.56. The fourth-order valence-electron chi connectivity index (χ4n) is 2.24. The molecule has 0 aliphatic heterocycles. The van der Waals surface area contributed by atoms with Crippen LogP contribution in [0.5, 0.6) is 0 Å². The maximum Gasteiger partial charge on any atom is 0.240 e. The minimum atomic E-state index is -3.45. The first-order valence-electron chi connectivity index (χ1n) is 7.69. The zero-order chi connectivity index (χ0) is 15.9. The number of anilines is 1. The van der Waals surface area contributed by atoms with Crippen molar-refractivity contribution in [3.63, 3.8) is 0 Å². The van der Waals surface area contributed by atoms with Crippen molar-refractivity contribution in [3.05, 3.63) is 23.8 Å². The number of sulfonamides is 1. The first kappa shape index (κ1) is 18.0. The van der Waals surface area contributed by atoms with Crippen LogP contribution in [0.2, 0.25) is 0 Å². The van der Waals surface area contributed by atoms with Gasteiger partial charge in [0.25, 0.3) is 0 Å². The Morgan fingerprint density at radius 2 is 1.81 bits per heavy atom. The van der Waals surface area contributed by atoms with Crippen LogP contribution in [-0.2, 0) is 10.0 Å². The molecule has 21 heavy (non-hydrogen) atoms. The largest absolute Gasteiger partial charge is 0.398 e. The number of nitrogen functional groups attached to an aromatic ring is 1. The van der Waals surface area contributed by atoms with Gasteiger partial charge in [-0.15, -0.1) is 0 Å². The highest BCUT2D eigenvalue weighted by Crippen LogP contribution is 2.20. The molecule has 1 aromatic carbocycles. The molecule has 0 heterocycles. The third kappa shape index (κ3) is 6.06. The molecule has 0 amide bonds. The van der Waals surface area contributed by atoms with E-state index in [2.05, 4.69) is 18.6 Å². The Bertz CT molecular complexity index is 539. The van der Waals surface area contributed by atoms with Crippen LogP contribution < -0.4 is 10.5 Å². The Morgan fingerprint density at radius 3 is 2.48 bits per heavy atom. The van der Waals surface area contributed by atoms with Gasteiger partial charge in [-0.1, -0.05) is 45.6 Å². The van der Waals surface area contributed by atoms with Gasteiger partial charge in [0.05, 0.1) is 4.90 Å². The first-order chi connectivity index (χ1) is 9.84. The lowest BCUT2D eigenvalue weighted by molar-refractivity contribution is 0.517. The van der Waals surface area contributed by atoms with E-state index in [4.69, 9.17) is 5.73 Å². The van der Waals surface area contributed by atoms with Gasteiger partial charge in [0.2, 0.25) is 10.0 Å². The van der Waals surface area contributed by atoms with Crippen molar-refractivity contribution in [2.45, 2.75) is 57.8 Å². The molecule has 0 aromatic heterocycles. The number of nitrogens with one attached hydrogen (secondary N) is 1. The van der Waals surface area contributed by atoms with Crippen molar-refractivity contribution in [2.75, 3.05) is 12.3 Å². The molecule has 5 heteroatoms. The van der Waals surface area contributed by atoms with Crippen molar-refractivity contribution in [1.29, 1.82) is 0 Å². The standard InChI is InChI=1S/C16H28N2O2S/c1-13(2)9-6-4-5-7-12-18-21(19,20)16-11-8-10-15(17)14(16)3/h8,10-11,13,18H,4-7,9,12,17H2,1-3H3. The van der Waals surface area contributed by atoms with E-state index < -0.39 is 10.0 Å². The Morgan fingerprint density at radius 1 is 1.14 bits per heavy atom. The summed E-state index contributed by atoms with van der Waals surface area (Å²) in [4.78, 5) is 0.280. The van der Waals surface area contributed by atoms with E-state index in [1.165, 1.54) is 12.8 Å². The number of hydrogen-bond acceptors (Lipinski definition) is 3. The van der Waals surface area contributed by atoms with Crippen molar-refractivity contribution < 1.29 is 8.42 Å². The summed E-state index contributed by atoms with van der Waals surface area (Å²) in [5.41, 5.74) is 6.88. The molecule has 1 aromatic rings. The van der Waals surface area contributed by atoms with Gasteiger partial charge in [-0.2, -0.15) is 0 Å². The lowest BCUT2D eigenvalue weighted by atomic mass is 10.0. The minimum Gasteiger partial charge on any atom is -0.398 e. The molecule has 0 spiro atoms. The molecule has 120 valence electrons. The molecular formula is C16H28N2O2S. The van der Waals surface area contributed by atoms with E-state index in [0.29, 0.717) is 17.8 Å². The molecule has 0 fully saturated rings. The van der Waals surface area contributed by atoms with Gasteiger partial charge in [0.1, 0.15) is 0 Å². The van der Waals surface area contributed by atoms with Crippen LogP contribution >= 0.6 is 0 Å². The van der Waals surface area contributed by atoms with Crippen LogP contribution in [0.25, 0.3) is 0 Å². The molecule has 4 nitrogen and oxygen atoms in total. The Labute approximate surface area is 129 Å². The average Bonchev–Trinajstić information content (AvgIpc) is 2.40. The third-order valence-electron chi connectivity index (χ3n) is 3.62. The van der Waals surface area contributed by atoms with E-state index in [1.807, 2.05) is 0 Å². The molecule has 0 atom stereocenters. The summed E-state index contributed by atoms with van der Waals surface area (Å²) >= 11 is 0. The SMILES string of the molecule is Cc1c(N)cccc1S(=O)(=O)NCCCCCCC(C)C. The van der Waals surface area contributed by atoms with Gasteiger partial charge >= 0.3 is 0 Å². The molecule has 0 aliphatic rings. The zero-order valence-corrected chi connectivity index (χ0v) is 14.2. The minimum absolute atomic E-state index is 0.280. The van der Waals surface area contributed by atoms with E-state index in [1.54, 1.807) is 25.1 Å². The quantitative estimate of drug-likeness (QED) is 0.542. The predicted octanol–water partition coefficient (Wildman–Crippen LogP) is 3.46. The molecule has 0 aliphatic carbocycles. The maximum absolute atomic E-state index is 12.2. The first-order valence-corrected chi connectivity index (χ1v) is 9.17. The lowest BCUT2D eigenvalue weighted by Crippen LogP contribution is -2.25. The van der Waals surface area contributed by atoms with Crippen LogP contribution in [0, 0.1) is 12.8 Å². The van der Waals surface area contributed by atoms with Crippen LogP contribution in [0.4, 0.5) is 5.69 Å². The Balaban J connectivity index is 2.39. The molecular weight excluding hydrogens is 284 g/mol. The van der Waals surface area contributed by atoms with Crippen LogP contribution in [0.1, 0.15) is 51.5 Å². The molecule has 0 saturated heterocycles. The molecule has 0 saturated carbocycles. The monoisotopic (exact) mass is 312 g/mol. The summed E-state index contributed by atoms with van der Waals surface area (Å²) in [7, 11) is -3.45. The van der Waals surface area contributed by atoms with Crippen molar-refractivity contribution in [1.82, 2.24) is 4.72 Å². The molecule has 0 bridgehead atoms. The van der Waals surface area contributed by atoms with Crippen LogP contribution in [-0.4, -0.2) is 15.0 Å². The summed E-state index contributed by atoms with van der Waals surface area (Å²) < 4.78 is 27.1. The smallest absolute Gasteiger partial charge is 0.240 e. The summed E-state index contributed by atoms with van der Waals surface area (Å²) in [5, 5.41) is 0. The van der Waals surface area contributed by atoms with Crippen molar-refractivity contribution in [2.24, 2.45) is 5.92 Å². The highest BCUT2D eigenvalue weighted by molar-refractivity contribution is 7.89. The number of hydrogen-bond donors (Lipinski definition) is 2. The molecule has 0 radical (unpaired) electrons. The fraction of sp³-hybridized carbons (Fsp3) is 0.625. The Hall–Kier alpha value is -1.07. The van der Waals surface area contributed by atoms with Gasteiger partial charge in [0.15, 0.2) is 0 Å². The highest BCUT2D eigenvalue weighted by Gasteiger charge is 2.16. The second-order valence-electron chi connectivity index (χ2n) is 5.96. The lowest BCUT2D eigenvalue weighted by Gasteiger charge is -2.10. The van der Waals surface area contributed by atoms with E-state index >= 15 is 0 Å². The van der Waals surface area contributed by atoms with Gasteiger partial charge < -0.3 is 5.73 Å². The van der Waals surface area contributed by atoms with Gasteiger partial charge in [-0.05, 0) is 37.0 Å². The highest BCUT2D eigenvalue weighted by atomic mass is 32.2. The van der Waals surface area contributed by atoms with E-state index in [-0.39, 0.29) is 4.90 Å². The fourth-order valence-corrected chi connectivity index (χ4v) is 3.59. The predicted molar refractivity (Wildman–Crippen MR) is 88.7 cm³/mol. The summed E-state index contributed by atoms with van der Waals surface area (Å²) in [5.74, 6) is 0.745. The van der Waals surface area contributed by atoms with Gasteiger partial charge in [-0.25, -0.2) is 13.1 Å². The van der Waals surface area contributed by atoms with Gasteiger partial charge in [-0.3, -0.25) is 0 Å². The number of rotatable bonds is 9.